The van der Waals surface area contributed by atoms with Gasteiger partial charge in [0.25, 0.3) is 0 Å². The number of hydrogen-bond acceptors (Lipinski definition) is 7. The molecule has 0 bridgehead atoms. The van der Waals surface area contributed by atoms with Crippen molar-refractivity contribution in [2.24, 2.45) is 0 Å². The summed E-state index contributed by atoms with van der Waals surface area (Å²) >= 11 is 1.19. The first-order chi connectivity index (χ1) is 16.5. The Morgan fingerprint density at radius 1 is 1.00 bits per heavy atom. The van der Waals surface area contributed by atoms with Gasteiger partial charge in [0.2, 0.25) is 11.1 Å². The number of ketones is 1. The van der Waals surface area contributed by atoms with Crippen LogP contribution in [0.5, 0.6) is 5.75 Å². The number of anilines is 1. The molecule has 1 heterocycles. The summed E-state index contributed by atoms with van der Waals surface area (Å²) in [5, 5.41) is 11.1. The average molecular weight is 474 g/mol. The van der Waals surface area contributed by atoms with Crippen LogP contribution in [-0.4, -0.2) is 33.7 Å². The Morgan fingerprint density at radius 2 is 1.74 bits per heavy atom. The molecule has 3 N–H and O–H groups in total. The average Bonchev–Trinajstić information content (AvgIpc) is 3.23. The fourth-order valence-corrected chi connectivity index (χ4v) is 4.28. The van der Waals surface area contributed by atoms with Crippen LogP contribution in [0.1, 0.15) is 28.1 Å². The van der Waals surface area contributed by atoms with E-state index in [4.69, 9.17) is 10.6 Å². The van der Waals surface area contributed by atoms with Gasteiger partial charge in [0.15, 0.2) is 11.6 Å². The minimum absolute atomic E-state index is 0.0765. The minimum atomic E-state index is -0.655. The maximum Gasteiger partial charge on any atom is 0.242 e. The second-order valence-electron chi connectivity index (χ2n) is 7.44. The van der Waals surface area contributed by atoms with Gasteiger partial charge in [0, 0.05) is 16.8 Å². The molecule has 8 nitrogen and oxygen atoms in total. The van der Waals surface area contributed by atoms with Gasteiger partial charge in [0.1, 0.15) is 11.0 Å². The number of nitrogen functional groups attached to an aromatic ring is 1. The second kappa shape index (κ2) is 10.2. The Labute approximate surface area is 201 Å². The number of hydrogen-bond donors (Lipinski definition) is 2. The van der Waals surface area contributed by atoms with Crippen molar-refractivity contribution in [3.8, 4) is 17.1 Å². The van der Waals surface area contributed by atoms with Crippen molar-refractivity contribution in [2.45, 2.75) is 17.3 Å². The largest absolute Gasteiger partial charge is 0.497 e. The summed E-state index contributed by atoms with van der Waals surface area (Å²) in [6.07, 6.45) is 0. The highest BCUT2D eigenvalue weighted by molar-refractivity contribution is 8.00. The number of nitrogens with zero attached hydrogens (tertiary/aromatic N) is 3. The molecule has 0 aliphatic heterocycles. The number of aromatic nitrogens is 3. The second-order valence-corrected chi connectivity index (χ2v) is 8.51. The molecule has 9 heteroatoms. The Balaban J connectivity index is 1.61. The van der Waals surface area contributed by atoms with Crippen LogP contribution in [0.4, 0.5) is 5.69 Å². The number of nitrogens with one attached hydrogen (secondary N) is 1. The molecule has 1 aromatic heterocycles. The highest BCUT2D eigenvalue weighted by Gasteiger charge is 2.26. The fraction of sp³-hybridized carbons (Fsp3) is 0.120. The van der Waals surface area contributed by atoms with Crippen LogP contribution in [0.2, 0.25) is 0 Å². The zero-order chi connectivity index (χ0) is 24.1. The Morgan fingerprint density at radius 3 is 2.41 bits per heavy atom. The van der Waals surface area contributed by atoms with E-state index in [1.807, 2.05) is 54.6 Å². The van der Waals surface area contributed by atoms with Crippen LogP contribution < -0.4 is 15.9 Å². The summed E-state index contributed by atoms with van der Waals surface area (Å²) in [7, 11) is 1.60. The van der Waals surface area contributed by atoms with Crippen molar-refractivity contribution in [3.05, 3.63) is 90.0 Å². The number of Topliss-reactive ketones (excluding diaryl/α,β-unsaturated/α-hetero) is 1. The number of methoxy groups -OCH3 is 1. The Hall–Kier alpha value is -4.11. The smallest absolute Gasteiger partial charge is 0.242 e. The number of benzene rings is 3. The van der Waals surface area contributed by atoms with Gasteiger partial charge >= 0.3 is 0 Å². The van der Waals surface area contributed by atoms with Gasteiger partial charge in [-0.1, -0.05) is 54.2 Å². The van der Waals surface area contributed by atoms with E-state index < -0.39 is 5.25 Å². The summed E-state index contributed by atoms with van der Waals surface area (Å²) in [5.41, 5.74) is 2.60. The fourth-order valence-electron chi connectivity index (χ4n) is 3.32. The predicted octanol–water partition coefficient (Wildman–Crippen LogP) is 4.34. The SMILES string of the molecule is COc1ccc(-c2nnc(S[C@H](C(=O)Nc3cccc(C(C)=O)c3)c3ccccc3)n2N)cc1. The normalized spacial score (nSPS) is 11.6. The van der Waals surface area contributed by atoms with E-state index in [-0.39, 0.29) is 11.7 Å². The lowest BCUT2D eigenvalue weighted by atomic mass is 10.1. The van der Waals surface area contributed by atoms with Crippen molar-refractivity contribution in [3.63, 3.8) is 0 Å². The first kappa shape index (κ1) is 23.1. The van der Waals surface area contributed by atoms with Gasteiger partial charge in [-0.15, -0.1) is 10.2 Å². The van der Waals surface area contributed by atoms with Crippen LogP contribution >= 0.6 is 11.8 Å². The third-order valence-corrected chi connectivity index (χ3v) is 6.32. The molecule has 0 fully saturated rings. The summed E-state index contributed by atoms with van der Waals surface area (Å²) < 4.78 is 6.56. The molecule has 0 spiro atoms. The molecule has 1 atom stereocenters. The maximum absolute atomic E-state index is 13.3. The highest BCUT2D eigenvalue weighted by atomic mass is 32.2. The van der Waals surface area contributed by atoms with Gasteiger partial charge in [-0.2, -0.15) is 0 Å². The number of rotatable bonds is 8. The lowest BCUT2D eigenvalue weighted by Gasteiger charge is -2.17. The van der Waals surface area contributed by atoms with Crippen LogP contribution in [0.15, 0.2) is 84.0 Å². The lowest BCUT2D eigenvalue weighted by molar-refractivity contribution is -0.115. The first-order valence-corrected chi connectivity index (χ1v) is 11.3. The zero-order valence-corrected chi connectivity index (χ0v) is 19.5. The van der Waals surface area contributed by atoms with E-state index in [1.54, 1.807) is 31.4 Å². The molecular weight excluding hydrogens is 450 g/mol. The van der Waals surface area contributed by atoms with Gasteiger partial charge in [-0.05, 0) is 48.9 Å². The predicted molar refractivity (Wildman–Crippen MR) is 132 cm³/mol. The van der Waals surface area contributed by atoms with Crippen molar-refractivity contribution < 1.29 is 14.3 Å². The molecule has 0 aliphatic carbocycles. The maximum atomic E-state index is 13.3. The molecule has 0 unspecified atom stereocenters. The molecule has 172 valence electrons. The number of ether oxygens (including phenoxy) is 1. The summed E-state index contributed by atoms with van der Waals surface area (Å²) in [6.45, 7) is 1.48. The molecule has 4 rings (SSSR count). The number of carbonyl (C=O) groups is 2. The van der Waals surface area contributed by atoms with Crippen molar-refractivity contribution >= 4 is 29.1 Å². The molecule has 0 aliphatic rings. The van der Waals surface area contributed by atoms with Crippen molar-refractivity contribution in [1.29, 1.82) is 0 Å². The molecule has 0 saturated carbocycles. The summed E-state index contributed by atoms with van der Waals surface area (Å²) in [5.74, 6) is 7.14. The number of carbonyl (C=O) groups excluding carboxylic acids is 2. The third kappa shape index (κ3) is 5.10. The molecule has 4 aromatic rings. The van der Waals surface area contributed by atoms with Gasteiger partial charge in [-0.3, -0.25) is 9.59 Å². The van der Waals surface area contributed by atoms with Crippen LogP contribution in [-0.2, 0) is 4.79 Å². The Bertz CT molecular complexity index is 1310. The zero-order valence-electron chi connectivity index (χ0n) is 18.6. The van der Waals surface area contributed by atoms with Crippen LogP contribution in [0.3, 0.4) is 0 Å². The standard InChI is InChI=1S/C25H23N5O3S/c1-16(31)19-9-6-10-20(15-19)27-24(32)22(17-7-4-3-5-8-17)34-25-29-28-23(30(25)26)18-11-13-21(33-2)14-12-18/h3-15,22H,26H2,1-2H3,(H,27,32)/t22-/m0/s1. The number of nitrogens with two attached hydrogens (primary N) is 1. The first-order valence-electron chi connectivity index (χ1n) is 10.4. The number of thioether (sulfide) groups is 1. The topological polar surface area (TPSA) is 112 Å². The quantitative estimate of drug-likeness (QED) is 0.222. The van der Waals surface area contributed by atoms with E-state index in [9.17, 15) is 9.59 Å². The monoisotopic (exact) mass is 473 g/mol. The highest BCUT2D eigenvalue weighted by Crippen LogP contribution is 2.36. The van der Waals surface area contributed by atoms with Gasteiger partial charge in [-0.25, -0.2) is 4.68 Å². The number of amides is 1. The van der Waals surface area contributed by atoms with E-state index in [2.05, 4.69) is 15.5 Å². The molecule has 1 amide bonds. The third-order valence-electron chi connectivity index (χ3n) is 5.11. The Kier molecular flexibility index (Phi) is 6.93. The van der Waals surface area contributed by atoms with Gasteiger partial charge in [0.05, 0.1) is 7.11 Å². The van der Waals surface area contributed by atoms with E-state index in [0.29, 0.717) is 22.2 Å². The lowest BCUT2D eigenvalue weighted by Crippen LogP contribution is -2.20. The van der Waals surface area contributed by atoms with E-state index >= 15 is 0 Å². The van der Waals surface area contributed by atoms with Gasteiger partial charge < -0.3 is 15.9 Å². The van der Waals surface area contributed by atoms with E-state index in [0.717, 1.165) is 16.9 Å². The van der Waals surface area contributed by atoms with Crippen molar-refractivity contribution in [2.75, 3.05) is 18.3 Å². The minimum Gasteiger partial charge on any atom is -0.497 e. The molecular formula is C25H23N5O3S. The van der Waals surface area contributed by atoms with Crippen molar-refractivity contribution in [1.82, 2.24) is 14.9 Å². The van der Waals surface area contributed by atoms with Crippen LogP contribution in [0.25, 0.3) is 11.4 Å². The molecule has 0 radical (unpaired) electrons. The molecule has 0 saturated heterocycles. The van der Waals surface area contributed by atoms with Crippen LogP contribution in [0, 0.1) is 0 Å². The molecule has 3 aromatic carbocycles. The summed E-state index contributed by atoms with van der Waals surface area (Å²) in [6, 6.07) is 23.5. The summed E-state index contributed by atoms with van der Waals surface area (Å²) in [4.78, 5) is 25.0. The van der Waals surface area contributed by atoms with E-state index in [1.165, 1.54) is 23.4 Å². The molecule has 34 heavy (non-hydrogen) atoms.